The van der Waals surface area contributed by atoms with Crippen molar-refractivity contribution < 1.29 is 14.0 Å². The van der Waals surface area contributed by atoms with E-state index in [1.54, 1.807) is 28.4 Å². The normalized spacial score (nSPS) is 14.8. The molecule has 0 radical (unpaired) electrons. The van der Waals surface area contributed by atoms with Crippen LogP contribution in [0.3, 0.4) is 0 Å². The van der Waals surface area contributed by atoms with Crippen LogP contribution in [0, 0.1) is 18.2 Å². The topological polar surface area (TPSA) is 40.6 Å². The van der Waals surface area contributed by atoms with Gasteiger partial charge >= 0.3 is 0 Å². The van der Waals surface area contributed by atoms with Gasteiger partial charge in [0.2, 0.25) is 11.8 Å². The van der Waals surface area contributed by atoms with Gasteiger partial charge < -0.3 is 9.80 Å². The molecular weight excluding hydrogens is 435 g/mol. The van der Waals surface area contributed by atoms with E-state index in [0.29, 0.717) is 19.5 Å². The zero-order valence-electron chi connectivity index (χ0n) is 20.4. The van der Waals surface area contributed by atoms with Crippen LogP contribution < -0.4 is 0 Å². The minimum atomic E-state index is -0.290. The number of aryl methyl sites for hydroxylation is 1. The first-order valence-electron chi connectivity index (χ1n) is 12.0. The monoisotopic (exact) mass is 472 g/mol. The van der Waals surface area contributed by atoms with Crippen LogP contribution >= 0.6 is 11.3 Å². The number of benzene rings is 1. The summed E-state index contributed by atoms with van der Waals surface area (Å²) in [5.74, 6) is -0.281. The van der Waals surface area contributed by atoms with E-state index in [1.807, 2.05) is 4.90 Å². The second-order valence-corrected chi connectivity index (χ2v) is 11.8. The Labute approximate surface area is 201 Å². The van der Waals surface area contributed by atoms with Crippen LogP contribution in [0.2, 0.25) is 0 Å². The summed E-state index contributed by atoms with van der Waals surface area (Å²) in [6.45, 7) is 9.22. The molecule has 1 aliphatic rings. The third kappa shape index (κ3) is 7.95. The third-order valence-electron chi connectivity index (χ3n) is 6.11. The van der Waals surface area contributed by atoms with E-state index in [2.05, 4.69) is 39.8 Å². The van der Waals surface area contributed by atoms with Crippen molar-refractivity contribution in [2.75, 3.05) is 6.54 Å². The van der Waals surface area contributed by atoms with Gasteiger partial charge in [-0.1, -0.05) is 52.2 Å². The van der Waals surface area contributed by atoms with E-state index in [-0.39, 0.29) is 35.6 Å². The summed E-state index contributed by atoms with van der Waals surface area (Å²) in [6, 6.07) is 10.5. The molecule has 2 aromatic rings. The predicted octanol–water partition coefficient (Wildman–Crippen LogP) is 6.32. The van der Waals surface area contributed by atoms with Crippen LogP contribution in [0.15, 0.2) is 36.4 Å². The van der Waals surface area contributed by atoms with E-state index in [1.165, 1.54) is 23.4 Å². The predicted molar refractivity (Wildman–Crippen MR) is 132 cm³/mol. The number of hydrogen-bond donors (Lipinski definition) is 0. The van der Waals surface area contributed by atoms with E-state index in [9.17, 15) is 14.0 Å². The van der Waals surface area contributed by atoms with E-state index in [4.69, 9.17) is 0 Å². The molecule has 1 fully saturated rings. The second-order valence-electron chi connectivity index (χ2n) is 10.4. The van der Waals surface area contributed by atoms with Crippen molar-refractivity contribution >= 4 is 23.2 Å². The quantitative estimate of drug-likeness (QED) is 0.451. The van der Waals surface area contributed by atoms with Crippen molar-refractivity contribution in [2.24, 2.45) is 5.41 Å². The molecule has 0 saturated heterocycles. The summed E-state index contributed by atoms with van der Waals surface area (Å²) in [4.78, 5) is 32.9. The lowest BCUT2D eigenvalue weighted by molar-refractivity contribution is -0.145. The van der Waals surface area contributed by atoms with Crippen molar-refractivity contribution in [1.82, 2.24) is 9.80 Å². The fourth-order valence-electron chi connectivity index (χ4n) is 4.42. The zero-order valence-corrected chi connectivity index (χ0v) is 21.2. The molecule has 6 heteroatoms. The van der Waals surface area contributed by atoms with Crippen LogP contribution in [0.1, 0.15) is 74.6 Å². The standard InChI is InChI=1S/C27H37FN2O2S/c1-20-10-15-24(33-20)18-29(17-21-11-13-22(28)14-12-21)26(32)19-30(23-8-6-5-7-9-23)25(31)16-27(2,3)4/h10-15,23H,5-9,16-19H2,1-4H3. The Kier molecular flexibility index (Phi) is 8.69. The van der Waals surface area contributed by atoms with Gasteiger partial charge in [0.15, 0.2) is 0 Å². The van der Waals surface area contributed by atoms with Gasteiger partial charge in [0.05, 0.1) is 6.54 Å². The van der Waals surface area contributed by atoms with Gasteiger partial charge in [-0.2, -0.15) is 0 Å². The lowest BCUT2D eigenvalue weighted by atomic mass is 9.89. The van der Waals surface area contributed by atoms with Crippen molar-refractivity contribution in [2.45, 2.75) is 85.4 Å². The molecule has 180 valence electrons. The first-order chi connectivity index (χ1) is 15.6. The third-order valence-corrected chi connectivity index (χ3v) is 7.09. The summed E-state index contributed by atoms with van der Waals surface area (Å²) in [5, 5.41) is 0. The second kappa shape index (κ2) is 11.3. The molecule has 1 heterocycles. The molecule has 4 nitrogen and oxygen atoms in total. The van der Waals surface area contributed by atoms with Gasteiger partial charge in [0, 0.05) is 28.8 Å². The number of nitrogens with zero attached hydrogens (tertiary/aromatic N) is 2. The highest BCUT2D eigenvalue weighted by Gasteiger charge is 2.31. The Bertz CT molecular complexity index is 926. The number of amides is 2. The Morgan fingerprint density at radius 1 is 0.970 bits per heavy atom. The summed E-state index contributed by atoms with van der Waals surface area (Å²) in [6.07, 6.45) is 5.76. The molecule has 2 amide bonds. The average Bonchev–Trinajstić information content (AvgIpc) is 3.17. The molecule has 0 unspecified atom stereocenters. The first-order valence-corrected chi connectivity index (χ1v) is 12.8. The highest BCUT2D eigenvalue weighted by atomic mass is 32.1. The van der Waals surface area contributed by atoms with Crippen molar-refractivity contribution in [3.8, 4) is 0 Å². The minimum absolute atomic E-state index is 0.0572. The average molecular weight is 473 g/mol. The molecule has 33 heavy (non-hydrogen) atoms. The van der Waals surface area contributed by atoms with Crippen molar-refractivity contribution in [3.05, 3.63) is 57.5 Å². The van der Waals surface area contributed by atoms with E-state index >= 15 is 0 Å². The maximum absolute atomic E-state index is 13.6. The fraction of sp³-hybridized carbons (Fsp3) is 0.556. The smallest absolute Gasteiger partial charge is 0.242 e. The van der Waals surface area contributed by atoms with Crippen molar-refractivity contribution in [3.63, 3.8) is 0 Å². The van der Waals surface area contributed by atoms with E-state index in [0.717, 1.165) is 36.1 Å². The van der Waals surface area contributed by atoms with Crippen LogP contribution in [0.5, 0.6) is 0 Å². The molecule has 1 aromatic heterocycles. The van der Waals surface area contributed by atoms with E-state index < -0.39 is 0 Å². The van der Waals surface area contributed by atoms with Gasteiger partial charge in [0.1, 0.15) is 12.4 Å². The van der Waals surface area contributed by atoms with Gasteiger partial charge in [-0.15, -0.1) is 11.3 Å². The summed E-state index contributed by atoms with van der Waals surface area (Å²) >= 11 is 1.67. The molecule has 0 N–H and O–H groups in total. The zero-order chi connectivity index (χ0) is 24.0. The number of hydrogen-bond acceptors (Lipinski definition) is 3. The Balaban J connectivity index is 1.80. The molecule has 0 aliphatic heterocycles. The largest absolute Gasteiger partial charge is 0.332 e. The van der Waals surface area contributed by atoms with Crippen LogP contribution in [0.4, 0.5) is 4.39 Å². The molecule has 0 atom stereocenters. The summed E-state index contributed by atoms with van der Waals surface area (Å²) in [7, 11) is 0. The minimum Gasteiger partial charge on any atom is -0.332 e. The van der Waals surface area contributed by atoms with Gasteiger partial charge in [0.25, 0.3) is 0 Å². The van der Waals surface area contributed by atoms with Crippen LogP contribution in [-0.2, 0) is 22.7 Å². The summed E-state index contributed by atoms with van der Waals surface area (Å²) < 4.78 is 13.4. The van der Waals surface area contributed by atoms with Crippen molar-refractivity contribution in [1.29, 1.82) is 0 Å². The maximum Gasteiger partial charge on any atom is 0.242 e. The highest BCUT2D eigenvalue weighted by Crippen LogP contribution is 2.27. The number of halogens is 1. The molecule has 0 bridgehead atoms. The van der Waals surface area contributed by atoms with Crippen LogP contribution in [0.25, 0.3) is 0 Å². The highest BCUT2D eigenvalue weighted by molar-refractivity contribution is 7.11. The lowest BCUT2D eigenvalue weighted by Gasteiger charge is -2.37. The Morgan fingerprint density at radius 3 is 2.21 bits per heavy atom. The Hall–Kier alpha value is -2.21. The SMILES string of the molecule is Cc1ccc(CN(Cc2ccc(F)cc2)C(=O)CN(C(=O)CC(C)(C)C)C2CCCCC2)s1. The maximum atomic E-state index is 13.6. The molecule has 1 saturated carbocycles. The molecule has 1 aromatic carbocycles. The van der Waals surface area contributed by atoms with Gasteiger partial charge in [-0.05, 0) is 55.0 Å². The van der Waals surface area contributed by atoms with Gasteiger partial charge in [-0.25, -0.2) is 4.39 Å². The fourth-order valence-corrected chi connectivity index (χ4v) is 5.32. The number of carbonyl (C=O) groups is 2. The number of thiophene rings is 1. The first kappa shape index (κ1) is 25.4. The lowest BCUT2D eigenvalue weighted by Crippen LogP contribution is -2.48. The van der Waals surface area contributed by atoms with Gasteiger partial charge in [-0.3, -0.25) is 9.59 Å². The molecular formula is C27H37FN2O2S. The number of carbonyl (C=O) groups excluding carboxylic acids is 2. The van der Waals surface area contributed by atoms with Crippen LogP contribution in [-0.4, -0.2) is 34.2 Å². The number of rotatable bonds is 8. The molecule has 3 rings (SSSR count). The molecule has 1 aliphatic carbocycles. The summed E-state index contributed by atoms with van der Waals surface area (Å²) in [5.41, 5.74) is 0.748. The Morgan fingerprint density at radius 2 is 1.64 bits per heavy atom. The molecule has 0 spiro atoms.